The zero-order chi connectivity index (χ0) is 10.2. The maximum absolute atomic E-state index is 5.98. The van der Waals surface area contributed by atoms with Gasteiger partial charge in [0.15, 0.2) is 0 Å². The van der Waals surface area contributed by atoms with Gasteiger partial charge in [-0.1, -0.05) is 6.92 Å². The molecule has 2 N–H and O–H groups in total. The Kier molecular flexibility index (Phi) is 2.35. The third-order valence-electron chi connectivity index (χ3n) is 3.41. The molecule has 3 heteroatoms. The smallest absolute Gasteiger partial charge is 0.0492 e. The van der Waals surface area contributed by atoms with Crippen LogP contribution in [0.2, 0.25) is 0 Å². The monoisotopic (exact) mass is 193 g/mol. The van der Waals surface area contributed by atoms with Gasteiger partial charge in [-0.25, -0.2) is 0 Å². The van der Waals surface area contributed by atoms with Gasteiger partial charge in [0.2, 0.25) is 0 Å². The van der Waals surface area contributed by atoms with Crippen LogP contribution in [0.4, 0.5) is 0 Å². The topological polar surface area (TPSA) is 43.8 Å². The molecule has 14 heavy (non-hydrogen) atoms. The van der Waals surface area contributed by atoms with E-state index in [2.05, 4.69) is 29.7 Å². The molecule has 3 nitrogen and oxygen atoms in total. The Morgan fingerprint density at radius 1 is 1.71 bits per heavy atom. The third-order valence-corrected chi connectivity index (χ3v) is 3.41. The Morgan fingerprint density at radius 2 is 2.50 bits per heavy atom. The highest BCUT2D eigenvalue weighted by molar-refractivity contribution is 5.18. The van der Waals surface area contributed by atoms with Crippen molar-refractivity contribution in [1.29, 1.82) is 0 Å². The number of hydrogen-bond acceptors (Lipinski definition) is 2. The second-order valence-electron chi connectivity index (χ2n) is 4.60. The van der Waals surface area contributed by atoms with Crippen molar-refractivity contribution in [2.45, 2.75) is 51.1 Å². The Hall–Kier alpha value is -0.830. The van der Waals surface area contributed by atoms with Gasteiger partial charge in [0.25, 0.3) is 0 Å². The Balaban J connectivity index is 2.30. The molecule has 2 rings (SSSR count). The van der Waals surface area contributed by atoms with E-state index < -0.39 is 0 Å². The first-order valence-corrected chi connectivity index (χ1v) is 5.43. The summed E-state index contributed by atoms with van der Waals surface area (Å²) in [7, 11) is 0. The second kappa shape index (κ2) is 3.39. The Labute approximate surface area is 85.3 Å². The number of rotatable bonds is 2. The highest BCUT2D eigenvalue weighted by Gasteiger charge is 2.36. The van der Waals surface area contributed by atoms with Crippen LogP contribution in [0.25, 0.3) is 0 Å². The lowest BCUT2D eigenvalue weighted by atomic mass is 9.85. The van der Waals surface area contributed by atoms with Crippen molar-refractivity contribution in [2.24, 2.45) is 5.73 Å². The van der Waals surface area contributed by atoms with E-state index in [4.69, 9.17) is 5.73 Å². The van der Waals surface area contributed by atoms with Gasteiger partial charge in [0, 0.05) is 29.9 Å². The molecule has 1 fully saturated rings. The highest BCUT2D eigenvalue weighted by Crippen LogP contribution is 2.39. The van der Waals surface area contributed by atoms with Crippen LogP contribution in [0.3, 0.4) is 0 Å². The summed E-state index contributed by atoms with van der Waals surface area (Å²) in [5.74, 6) is 0. The van der Waals surface area contributed by atoms with E-state index in [1.54, 1.807) is 0 Å². The molecule has 1 aliphatic rings. The van der Waals surface area contributed by atoms with Crippen LogP contribution < -0.4 is 5.73 Å². The molecule has 1 aromatic rings. The van der Waals surface area contributed by atoms with Gasteiger partial charge in [0.05, 0.1) is 0 Å². The lowest BCUT2D eigenvalue weighted by Gasteiger charge is -2.24. The summed E-state index contributed by atoms with van der Waals surface area (Å²) in [5.41, 5.74) is 7.59. The summed E-state index contributed by atoms with van der Waals surface area (Å²) >= 11 is 0. The predicted octanol–water partition coefficient (Wildman–Crippen LogP) is 1.67. The van der Waals surface area contributed by atoms with Gasteiger partial charge in [0.1, 0.15) is 0 Å². The van der Waals surface area contributed by atoms with Crippen LogP contribution in [0.1, 0.15) is 38.8 Å². The molecular weight excluding hydrogens is 174 g/mol. The van der Waals surface area contributed by atoms with Gasteiger partial charge >= 0.3 is 0 Å². The van der Waals surface area contributed by atoms with Crippen LogP contribution in [0.15, 0.2) is 12.3 Å². The van der Waals surface area contributed by atoms with Crippen LogP contribution in [-0.4, -0.2) is 15.8 Å². The minimum atomic E-state index is 0.256. The molecule has 0 radical (unpaired) electrons. The molecule has 1 aromatic heterocycles. The molecule has 1 saturated carbocycles. The van der Waals surface area contributed by atoms with Crippen molar-refractivity contribution >= 4 is 0 Å². The third kappa shape index (κ3) is 1.46. The number of hydrogen-bond donors (Lipinski definition) is 1. The van der Waals surface area contributed by atoms with E-state index in [0.29, 0.717) is 6.04 Å². The maximum atomic E-state index is 5.98. The second-order valence-corrected chi connectivity index (χ2v) is 4.60. The van der Waals surface area contributed by atoms with Crippen molar-refractivity contribution in [1.82, 2.24) is 9.78 Å². The van der Waals surface area contributed by atoms with Crippen LogP contribution in [0.5, 0.6) is 0 Å². The molecule has 2 atom stereocenters. The number of aromatic nitrogens is 2. The van der Waals surface area contributed by atoms with Crippen molar-refractivity contribution in [2.75, 3.05) is 0 Å². The fraction of sp³-hybridized carbons (Fsp3) is 0.727. The van der Waals surface area contributed by atoms with Crippen LogP contribution in [-0.2, 0) is 12.0 Å². The predicted molar refractivity (Wildman–Crippen MR) is 57.1 cm³/mol. The summed E-state index contributed by atoms with van der Waals surface area (Å²) in [6, 6.07) is 2.52. The first kappa shape index (κ1) is 9.71. The Bertz CT molecular complexity index is 318. The average Bonchev–Trinajstić information content (AvgIpc) is 2.73. The van der Waals surface area contributed by atoms with Gasteiger partial charge in [-0.05, 0) is 32.3 Å². The highest BCUT2D eigenvalue weighted by atomic mass is 15.3. The van der Waals surface area contributed by atoms with E-state index in [0.717, 1.165) is 19.4 Å². The molecule has 0 spiro atoms. The summed E-state index contributed by atoms with van der Waals surface area (Å²) in [6.07, 6.45) is 5.33. The van der Waals surface area contributed by atoms with Gasteiger partial charge < -0.3 is 5.73 Å². The van der Waals surface area contributed by atoms with Gasteiger partial charge in [-0.2, -0.15) is 5.10 Å². The maximum Gasteiger partial charge on any atom is 0.0492 e. The molecule has 0 saturated heterocycles. The Morgan fingerprint density at radius 3 is 3.07 bits per heavy atom. The normalized spacial score (nSPS) is 32.4. The van der Waals surface area contributed by atoms with E-state index in [1.807, 2.05) is 6.20 Å². The fourth-order valence-corrected chi connectivity index (χ4v) is 2.62. The quantitative estimate of drug-likeness (QED) is 0.776. The fourth-order valence-electron chi connectivity index (χ4n) is 2.62. The number of aryl methyl sites for hydroxylation is 1. The standard InChI is InChI=1S/C11H19N3/c1-3-14-10(5-7-13-14)11(2)6-4-9(12)8-11/h5,7,9H,3-4,6,8,12H2,1-2H3. The van der Waals surface area contributed by atoms with Gasteiger partial charge in [-0.15, -0.1) is 0 Å². The summed E-state index contributed by atoms with van der Waals surface area (Å²) in [4.78, 5) is 0. The van der Waals surface area contributed by atoms with Crippen LogP contribution >= 0.6 is 0 Å². The molecule has 1 aliphatic carbocycles. The molecule has 78 valence electrons. The first-order valence-electron chi connectivity index (χ1n) is 5.43. The average molecular weight is 193 g/mol. The molecule has 0 aromatic carbocycles. The summed E-state index contributed by atoms with van der Waals surface area (Å²) in [5, 5.41) is 4.33. The largest absolute Gasteiger partial charge is 0.328 e. The molecule has 0 aliphatic heterocycles. The van der Waals surface area contributed by atoms with Gasteiger partial charge in [-0.3, -0.25) is 4.68 Å². The minimum absolute atomic E-state index is 0.256. The zero-order valence-corrected chi connectivity index (χ0v) is 9.03. The SMILES string of the molecule is CCn1nccc1C1(C)CCC(N)C1. The molecule has 2 unspecified atom stereocenters. The van der Waals surface area contributed by atoms with E-state index in [-0.39, 0.29) is 5.41 Å². The number of nitrogens with two attached hydrogens (primary N) is 1. The van der Waals surface area contributed by atoms with Crippen molar-refractivity contribution in [3.05, 3.63) is 18.0 Å². The van der Waals surface area contributed by atoms with E-state index >= 15 is 0 Å². The summed E-state index contributed by atoms with van der Waals surface area (Å²) < 4.78 is 2.10. The molecule has 0 bridgehead atoms. The molecular formula is C11H19N3. The van der Waals surface area contributed by atoms with Crippen molar-refractivity contribution in [3.63, 3.8) is 0 Å². The first-order chi connectivity index (χ1) is 6.65. The van der Waals surface area contributed by atoms with E-state index in [1.165, 1.54) is 12.1 Å². The van der Waals surface area contributed by atoms with Crippen molar-refractivity contribution in [3.8, 4) is 0 Å². The number of nitrogens with zero attached hydrogens (tertiary/aromatic N) is 2. The van der Waals surface area contributed by atoms with Crippen LogP contribution in [0, 0.1) is 0 Å². The summed E-state index contributed by atoms with van der Waals surface area (Å²) in [6.45, 7) is 5.39. The lowest BCUT2D eigenvalue weighted by Crippen LogP contribution is -2.25. The zero-order valence-electron chi connectivity index (χ0n) is 9.03. The minimum Gasteiger partial charge on any atom is -0.328 e. The van der Waals surface area contributed by atoms with E-state index in [9.17, 15) is 0 Å². The molecule has 1 heterocycles. The van der Waals surface area contributed by atoms with Crippen molar-refractivity contribution < 1.29 is 0 Å². The molecule has 0 amide bonds. The lowest BCUT2D eigenvalue weighted by molar-refractivity contribution is 0.429.